The van der Waals surface area contributed by atoms with Crippen LogP contribution in [0, 0.1) is 0 Å². The standard InChI is InChI=1S/C58H43N/c1-57(2)54-37-42(40-19-7-3-8-20-40)31-34-49(54)50-35-32-46(39-55(50)57)59(56-30-18-16-27-47(56)41-21-9-4-10-22-41)45-33-36-53-51(38-45)48-28-15-17-29-52(48)58(53,43-23-11-5-12-24-43)44-25-13-6-14-26-44/h3-39H,1-2H3. The number of anilines is 3. The first-order valence-electron chi connectivity index (χ1n) is 20.7. The Morgan fingerprint density at radius 3 is 1.46 bits per heavy atom. The van der Waals surface area contributed by atoms with E-state index in [0.717, 1.165) is 17.1 Å². The SMILES string of the molecule is CC1(C)c2cc(-c3ccccc3)ccc2-c2ccc(N(c3ccc4c(c3)-c3ccccc3C4(c3ccccc3)c3ccccc3)c3ccccc3-c3ccccc3)cc21. The van der Waals surface area contributed by atoms with Crippen LogP contribution in [0.3, 0.4) is 0 Å². The smallest absolute Gasteiger partial charge is 0.0713 e. The third-order valence-corrected chi connectivity index (χ3v) is 13.0. The molecule has 0 N–H and O–H groups in total. The Kier molecular flexibility index (Phi) is 8.13. The molecule has 9 aromatic carbocycles. The Bertz CT molecular complexity index is 2960. The second-order valence-corrected chi connectivity index (χ2v) is 16.5. The van der Waals surface area contributed by atoms with Gasteiger partial charge in [-0.1, -0.05) is 202 Å². The molecule has 11 rings (SSSR count). The van der Waals surface area contributed by atoms with Gasteiger partial charge in [0.25, 0.3) is 0 Å². The summed E-state index contributed by atoms with van der Waals surface area (Å²) < 4.78 is 0. The molecular weight excluding hydrogens is 711 g/mol. The van der Waals surface area contributed by atoms with Crippen LogP contribution in [-0.4, -0.2) is 0 Å². The van der Waals surface area contributed by atoms with Crippen LogP contribution in [0.4, 0.5) is 17.1 Å². The molecule has 0 unspecified atom stereocenters. The minimum Gasteiger partial charge on any atom is -0.310 e. The van der Waals surface area contributed by atoms with Gasteiger partial charge in [-0.05, 0) is 109 Å². The van der Waals surface area contributed by atoms with Gasteiger partial charge in [0.2, 0.25) is 0 Å². The predicted molar refractivity (Wildman–Crippen MR) is 247 cm³/mol. The highest BCUT2D eigenvalue weighted by atomic mass is 15.1. The molecule has 0 aromatic heterocycles. The zero-order valence-electron chi connectivity index (χ0n) is 33.3. The summed E-state index contributed by atoms with van der Waals surface area (Å²) in [5, 5.41) is 0. The zero-order chi connectivity index (χ0) is 39.6. The normalized spacial score (nSPS) is 13.9. The molecule has 59 heavy (non-hydrogen) atoms. The molecule has 0 bridgehead atoms. The largest absolute Gasteiger partial charge is 0.310 e. The summed E-state index contributed by atoms with van der Waals surface area (Å²) in [6, 6.07) is 82.9. The van der Waals surface area contributed by atoms with Gasteiger partial charge in [0.1, 0.15) is 0 Å². The van der Waals surface area contributed by atoms with E-state index < -0.39 is 5.41 Å². The van der Waals surface area contributed by atoms with Crippen LogP contribution >= 0.6 is 0 Å². The molecule has 0 radical (unpaired) electrons. The average Bonchev–Trinajstić information content (AvgIpc) is 3.72. The molecule has 9 aromatic rings. The third-order valence-electron chi connectivity index (χ3n) is 13.0. The second kappa shape index (κ2) is 13.7. The van der Waals surface area contributed by atoms with Crippen molar-refractivity contribution in [3.63, 3.8) is 0 Å². The number of hydrogen-bond donors (Lipinski definition) is 0. The molecule has 0 spiro atoms. The molecule has 280 valence electrons. The summed E-state index contributed by atoms with van der Waals surface area (Å²) >= 11 is 0. The molecule has 0 heterocycles. The molecule has 0 saturated carbocycles. The first-order valence-corrected chi connectivity index (χ1v) is 20.7. The lowest BCUT2D eigenvalue weighted by molar-refractivity contribution is 0.660. The monoisotopic (exact) mass is 753 g/mol. The van der Waals surface area contributed by atoms with Crippen molar-refractivity contribution in [2.75, 3.05) is 4.90 Å². The van der Waals surface area contributed by atoms with E-state index in [1.807, 2.05) is 0 Å². The molecule has 0 atom stereocenters. The molecule has 1 nitrogen and oxygen atoms in total. The van der Waals surface area contributed by atoms with E-state index in [1.54, 1.807) is 0 Å². The highest BCUT2D eigenvalue weighted by Gasteiger charge is 2.46. The van der Waals surface area contributed by atoms with E-state index in [-0.39, 0.29) is 5.41 Å². The first-order chi connectivity index (χ1) is 29.0. The summed E-state index contributed by atoms with van der Waals surface area (Å²) in [5.74, 6) is 0. The van der Waals surface area contributed by atoms with Crippen molar-refractivity contribution < 1.29 is 0 Å². The highest BCUT2D eigenvalue weighted by molar-refractivity contribution is 5.94. The van der Waals surface area contributed by atoms with Crippen molar-refractivity contribution in [3.05, 3.63) is 258 Å². The van der Waals surface area contributed by atoms with E-state index >= 15 is 0 Å². The van der Waals surface area contributed by atoms with E-state index in [2.05, 4.69) is 243 Å². The van der Waals surface area contributed by atoms with Crippen LogP contribution in [0.1, 0.15) is 47.2 Å². The number of nitrogens with zero attached hydrogens (tertiary/aromatic N) is 1. The topological polar surface area (TPSA) is 3.24 Å². The van der Waals surface area contributed by atoms with Gasteiger partial charge < -0.3 is 4.90 Å². The molecule has 1 heteroatoms. The molecular formula is C58H43N. The highest BCUT2D eigenvalue weighted by Crippen LogP contribution is 2.58. The fourth-order valence-corrected chi connectivity index (χ4v) is 10.2. The summed E-state index contributed by atoms with van der Waals surface area (Å²) in [6.07, 6.45) is 0. The summed E-state index contributed by atoms with van der Waals surface area (Å²) in [5.41, 5.74) is 20.7. The maximum Gasteiger partial charge on any atom is 0.0713 e. The Balaban J connectivity index is 1.13. The quantitative estimate of drug-likeness (QED) is 0.157. The molecule has 2 aliphatic carbocycles. The summed E-state index contributed by atoms with van der Waals surface area (Å²) in [6.45, 7) is 4.77. The summed E-state index contributed by atoms with van der Waals surface area (Å²) in [7, 11) is 0. The Morgan fingerprint density at radius 1 is 0.305 bits per heavy atom. The van der Waals surface area contributed by atoms with Crippen LogP contribution in [0.15, 0.2) is 224 Å². The van der Waals surface area contributed by atoms with Gasteiger partial charge in [-0.25, -0.2) is 0 Å². The minimum atomic E-state index is -0.457. The van der Waals surface area contributed by atoms with Crippen molar-refractivity contribution in [1.82, 2.24) is 0 Å². The number of hydrogen-bond acceptors (Lipinski definition) is 1. The zero-order valence-corrected chi connectivity index (χ0v) is 33.3. The van der Waals surface area contributed by atoms with Crippen molar-refractivity contribution in [2.45, 2.75) is 24.7 Å². The van der Waals surface area contributed by atoms with Gasteiger partial charge >= 0.3 is 0 Å². The Labute approximate surface area is 347 Å². The van der Waals surface area contributed by atoms with Gasteiger partial charge in [-0.2, -0.15) is 0 Å². The van der Waals surface area contributed by atoms with Crippen LogP contribution in [-0.2, 0) is 10.8 Å². The average molecular weight is 754 g/mol. The van der Waals surface area contributed by atoms with Gasteiger partial charge in [-0.3, -0.25) is 0 Å². The second-order valence-electron chi connectivity index (χ2n) is 16.5. The van der Waals surface area contributed by atoms with Crippen molar-refractivity contribution >= 4 is 17.1 Å². The number of rotatable bonds is 7. The maximum atomic E-state index is 2.49. The van der Waals surface area contributed by atoms with Crippen LogP contribution in [0.25, 0.3) is 44.5 Å². The number of para-hydroxylation sites is 1. The van der Waals surface area contributed by atoms with E-state index in [9.17, 15) is 0 Å². The fraction of sp³-hybridized carbons (Fsp3) is 0.0690. The molecule has 0 aliphatic heterocycles. The third kappa shape index (κ3) is 5.39. The van der Waals surface area contributed by atoms with Crippen LogP contribution in [0.2, 0.25) is 0 Å². The van der Waals surface area contributed by atoms with E-state index in [0.29, 0.717) is 0 Å². The van der Waals surface area contributed by atoms with Crippen LogP contribution < -0.4 is 4.90 Å². The van der Waals surface area contributed by atoms with Gasteiger partial charge in [0, 0.05) is 22.4 Å². The molecule has 0 saturated heterocycles. The number of benzene rings is 9. The lowest BCUT2D eigenvalue weighted by atomic mass is 9.68. The van der Waals surface area contributed by atoms with Crippen molar-refractivity contribution in [1.29, 1.82) is 0 Å². The number of fused-ring (bicyclic) bond motifs is 6. The van der Waals surface area contributed by atoms with E-state index in [1.165, 1.54) is 77.9 Å². The van der Waals surface area contributed by atoms with Gasteiger partial charge in [0.15, 0.2) is 0 Å². The summed E-state index contributed by atoms with van der Waals surface area (Å²) in [4.78, 5) is 2.49. The molecule has 2 aliphatic rings. The maximum absolute atomic E-state index is 2.49. The van der Waals surface area contributed by atoms with Gasteiger partial charge in [0.05, 0.1) is 11.1 Å². The Hall–Kier alpha value is -7.22. The Morgan fingerprint density at radius 2 is 0.780 bits per heavy atom. The molecule has 0 amide bonds. The van der Waals surface area contributed by atoms with E-state index in [4.69, 9.17) is 0 Å². The lowest BCUT2D eigenvalue weighted by Crippen LogP contribution is -2.28. The molecule has 0 fully saturated rings. The minimum absolute atomic E-state index is 0.196. The van der Waals surface area contributed by atoms with Crippen LogP contribution in [0.5, 0.6) is 0 Å². The van der Waals surface area contributed by atoms with Crippen molar-refractivity contribution in [3.8, 4) is 44.5 Å². The van der Waals surface area contributed by atoms with Gasteiger partial charge in [-0.15, -0.1) is 0 Å². The predicted octanol–water partition coefficient (Wildman–Crippen LogP) is 15.2. The van der Waals surface area contributed by atoms with Crippen molar-refractivity contribution in [2.24, 2.45) is 0 Å². The fourth-order valence-electron chi connectivity index (χ4n) is 10.2. The lowest BCUT2D eigenvalue weighted by Gasteiger charge is -2.34. The first kappa shape index (κ1) is 35.0.